The van der Waals surface area contributed by atoms with Crippen molar-refractivity contribution in [3.05, 3.63) is 0 Å². The van der Waals surface area contributed by atoms with Crippen LogP contribution < -0.4 is 5.32 Å². The second kappa shape index (κ2) is 6.29. The van der Waals surface area contributed by atoms with Gasteiger partial charge in [-0.05, 0) is 36.2 Å². The van der Waals surface area contributed by atoms with Gasteiger partial charge in [-0.1, -0.05) is 27.2 Å². The number of carbonyl (C=O) groups excluding carboxylic acids is 1. The van der Waals surface area contributed by atoms with E-state index in [4.69, 9.17) is 0 Å². The van der Waals surface area contributed by atoms with Crippen molar-refractivity contribution in [2.75, 3.05) is 18.1 Å². The molecule has 0 aromatic heterocycles. The van der Waals surface area contributed by atoms with Gasteiger partial charge < -0.3 is 4.90 Å². The van der Waals surface area contributed by atoms with E-state index in [1.165, 1.54) is 17.9 Å². The standard InChI is InChI=1S/C14H26N2OS/c1-4-5-12-15-13(10(2)3)14(17)16(12)8-11-6-7-18-9-11/h10-13,15H,4-9H2,1-3H3. The molecule has 18 heavy (non-hydrogen) atoms. The lowest BCUT2D eigenvalue weighted by atomic mass is 10.0. The Labute approximate surface area is 115 Å². The Morgan fingerprint density at radius 2 is 2.28 bits per heavy atom. The van der Waals surface area contributed by atoms with E-state index in [0.29, 0.717) is 17.7 Å². The normalized spacial score (nSPS) is 32.8. The minimum absolute atomic E-state index is 0.0376. The second-order valence-corrected chi connectivity index (χ2v) is 7.06. The molecular formula is C14H26N2OS. The molecule has 0 radical (unpaired) electrons. The molecule has 0 bridgehead atoms. The number of nitrogens with one attached hydrogen (secondary N) is 1. The van der Waals surface area contributed by atoms with Crippen LogP contribution in [0.4, 0.5) is 0 Å². The first kappa shape index (κ1) is 14.2. The second-order valence-electron chi connectivity index (χ2n) is 5.91. The molecule has 2 heterocycles. The zero-order valence-electron chi connectivity index (χ0n) is 11.8. The molecule has 3 unspecified atom stereocenters. The lowest BCUT2D eigenvalue weighted by molar-refractivity contribution is -0.131. The van der Waals surface area contributed by atoms with E-state index in [0.717, 1.165) is 19.4 Å². The molecule has 0 aromatic carbocycles. The first-order valence-corrected chi connectivity index (χ1v) is 8.43. The third-order valence-electron chi connectivity index (χ3n) is 4.00. The van der Waals surface area contributed by atoms with Gasteiger partial charge in [-0.3, -0.25) is 10.1 Å². The summed E-state index contributed by atoms with van der Waals surface area (Å²) in [6.45, 7) is 7.42. The highest BCUT2D eigenvalue weighted by atomic mass is 32.2. The Kier molecular flexibility index (Phi) is 4.96. The molecule has 2 saturated heterocycles. The fraction of sp³-hybridized carbons (Fsp3) is 0.929. The lowest BCUT2D eigenvalue weighted by Gasteiger charge is -2.26. The van der Waals surface area contributed by atoms with Gasteiger partial charge in [0.25, 0.3) is 0 Å². The Morgan fingerprint density at radius 3 is 2.83 bits per heavy atom. The summed E-state index contributed by atoms with van der Waals surface area (Å²) in [6.07, 6.45) is 3.76. The van der Waals surface area contributed by atoms with Gasteiger partial charge in [0.15, 0.2) is 0 Å². The average molecular weight is 270 g/mol. The third-order valence-corrected chi connectivity index (χ3v) is 5.24. The van der Waals surface area contributed by atoms with Crippen molar-refractivity contribution in [2.45, 2.75) is 52.2 Å². The van der Waals surface area contributed by atoms with E-state index in [9.17, 15) is 4.79 Å². The van der Waals surface area contributed by atoms with Gasteiger partial charge in [0.1, 0.15) is 0 Å². The van der Waals surface area contributed by atoms with Gasteiger partial charge in [-0.15, -0.1) is 0 Å². The maximum atomic E-state index is 12.5. The van der Waals surface area contributed by atoms with E-state index in [1.54, 1.807) is 0 Å². The summed E-state index contributed by atoms with van der Waals surface area (Å²) in [7, 11) is 0. The summed E-state index contributed by atoms with van der Waals surface area (Å²) >= 11 is 2.03. The topological polar surface area (TPSA) is 32.3 Å². The third kappa shape index (κ3) is 3.02. The van der Waals surface area contributed by atoms with Crippen molar-refractivity contribution in [3.8, 4) is 0 Å². The predicted octanol–water partition coefficient (Wildman–Crippen LogP) is 2.32. The molecule has 1 N–H and O–H groups in total. The molecule has 0 aliphatic carbocycles. The van der Waals surface area contributed by atoms with Crippen LogP contribution in [0.15, 0.2) is 0 Å². The van der Waals surface area contributed by atoms with Gasteiger partial charge >= 0.3 is 0 Å². The van der Waals surface area contributed by atoms with Crippen LogP contribution in [-0.2, 0) is 4.79 Å². The van der Waals surface area contributed by atoms with Crippen molar-refractivity contribution in [3.63, 3.8) is 0 Å². The molecule has 2 aliphatic heterocycles. The van der Waals surface area contributed by atoms with Gasteiger partial charge in [0, 0.05) is 6.54 Å². The lowest BCUT2D eigenvalue weighted by Crippen LogP contribution is -2.40. The first-order valence-electron chi connectivity index (χ1n) is 7.27. The van der Waals surface area contributed by atoms with Crippen LogP contribution in [0, 0.1) is 11.8 Å². The number of hydrogen-bond acceptors (Lipinski definition) is 3. The molecule has 3 nitrogen and oxygen atoms in total. The number of rotatable bonds is 5. The van der Waals surface area contributed by atoms with Crippen molar-refractivity contribution in [1.82, 2.24) is 10.2 Å². The van der Waals surface area contributed by atoms with Gasteiger partial charge in [0.05, 0.1) is 12.2 Å². The van der Waals surface area contributed by atoms with Crippen molar-refractivity contribution < 1.29 is 4.79 Å². The van der Waals surface area contributed by atoms with Crippen LogP contribution in [0.25, 0.3) is 0 Å². The molecule has 104 valence electrons. The maximum absolute atomic E-state index is 12.5. The van der Waals surface area contributed by atoms with E-state index >= 15 is 0 Å². The van der Waals surface area contributed by atoms with Crippen LogP contribution in [0.1, 0.15) is 40.0 Å². The Hall–Kier alpha value is -0.220. The maximum Gasteiger partial charge on any atom is 0.241 e. The molecule has 0 aromatic rings. The Bertz CT molecular complexity index is 290. The van der Waals surface area contributed by atoms with Crippen LogP contribution >= 0.6 is 11.8 Å². The zero-order valence-corrected chi connectivity index (χ0v) is 12.6. The van der Waals surface area contributed by atoms with Crippen molar-refractivity contribution in [1.29, 1.82) is 0 Å². The monoisotopic (exact) mass is 270 g/mol. The van der Waals surface area contributed by atoms with Crippen molar-refractivity contribution >= 4 is 17.7 Å². The van der Waals surface area contributed by atoms with Gasteiger partial charge in [-0.2, -0.15) is 11.8 Å². The highest BCUT2D eigenvalue weighted by Crippen LogP contribution is 2.27. The largest absolute Gasteiger partial charge is 0.325 e. The molecule has 2 aliphatic rings. The van der Waals surface area contributed by atoms with E-state index in [1.807, 2.05) is 11.8 Å². The number of nitrogens with zero attached hydrogens (tertiary/aromatic N) is 1. The van der Waals surface area contributed by atoms with E-state index in [-0.39, 0.29) is 12.2 Å². The van der Waals surface area contributed by atoms with Crippen LogP contribution in [0.3, 0.4) is 0 Å². The van der Waals surface area contributed by atoms with Crippen molar-refractivity contribution in [2.24, 2.45) is 11.8 Å². The Balaban J connectivity index is 2.01. The molecule has 0 spiro atoms. The quantitative estimate of drug-likeness (QED) is 0.832. The molecular weight excluding hydrogens is 244 g/mol. The first-order chi connectivity index (χ1) is 8.63. The molecule has 2 rings (SSSR count). The van der Waals surface area contributed by atoms with Crippen LogP contribution in [-0.4, -0.2) is 41.1 Å². The van der Waals surface area contributed by atoms with Gasteiger partial charge in [-0.25, -0.2) is 0 Å². The SMILES string of the molecule is CCCC1NC(C(C)C)C(=O)N1CC1CCSC1. The van der Waals surface area contributed by atoms with E-state index in [2.05, 4.69) is 31.0 Å². The molecule has 1 amide bonds. The highest BCUT2D eigenvalue weighted by molar-refractivity contribution is 7.99. The van der Waals surface area contributed by atoms with Crippen LogP contribution in [0.2, 0.25) is 0 Å². The summed E-state index contributed by atoms with van der Waals surface area (Å²) < 4.78 is 0. The molecule has 4 heteroatoms. The Morgan fingerprint density at radius 1 is 1.50 bits per heavy atom. The number of amides is 1. The highest BCUT2D eigenvalue weighted by Gasteiger charge is 2.40. The smallest absolute Gasteiger partial charge is 0.241 e. The fourth-order valence-electron chi connectivity index (χ4n) is 2.91. The molecule has 0 saturated carbocycles. The van der Waals surface area contributed by atoms with Gasteiger partial charge in [0.2, 0.25) is 5.91 Å². The summed E-state index contributed by atoms with van der Waals surface area (Å²) in [5.41, 5.74) is 0. The van der Waals surface area contributed by atoms with E-state index < -0.39 is 0 Å². The van der Waals surface area contributed by atoms with Crippen LogP contribution in [0.5, 0.6) is 0 Å². The average Bonchev–Trinajstić information content (AvgIpc) is 2.92. The summed E-state index contributed by atoms with van der Waals surface area (Å²) in [6, 6.07) is 0.0376. The summed E-state index contributed by atoms with van der Waals surface area (Å²) in [5.74, 6) is 3.94. The number of thioether (sulfide) groups is 1. The fourth-order valence-corrected chi connectivity index (χ4v) is 4.19. The molecule has 2 fully saturated rings. The minimum Gasteiger partial charge on any atom is -0.325 e. The zero-order chi connectivity index (χ0) is 13.1. The summed E-state index contributed by atoms with van der Waals surface area (Å²) in [5, 5.41) is 3.53. The molecule has 3 atom stereocenters. The number of carbonyl (C=O) groups is 1. The summed E-state index contributed by atoms with van der Waals surface area (Å²) in [4.78, 5) is 14.6. The predicted molar refractivity (Wildman–Crippen MR) is 77.6 cm³/mol. The number of hydrogen-bond donors (Lipinski definition) is 1. The minimum atomic E-state index is 0.0376.